The number of amides is 1. The second kappa shape index (κ2) is 16.3. The van der Waals surface area contributed by atoms with Gasteiger partial charge in [0, 0.05) is 11.9 Å². The molecule has 0 fully saturated rings. The third-order valence-electron chi connectivity index (χ3n) is 3.75. The lowest BCUT2D eigenvalue weighted by molar-refractivity contribution is -0.105. The van der Waals surface area contributed by atoms with E-state index in [0.29, 0.717) is 11.4 Å². The van der Waals surface area contributed by atoms with Crippen molar-refractivity contribution in [2.24, 2.45) is 0 Å². The van der Waals surface area contributed by atoms with Gasteiger partial charge in [-0.1, -0.05) is 55.8 Å². The molecule has 0 saturated heterocycles. The van der Waals surface area contributed by atoms with Crippen LogP contribution in [0.1, 0.15) is 54.9 Å². The molecule has 0 unspecified atom stereocenters. The molecule has 1 aromatic carbocycles. The summed E-state index contributed by atoms with van der Waals surface area (Å²) in [7, 11) is 1.89. The van der Waals surface area contributed by atoms with E-state index in [-0.39, 0.29) is 5.56 Å². The van der Waals surface area contributed by atoms with Gasteiger partial charge >= 0.3 is 5.97 Å². The van der Waals surface area contributed by atoms with E-state index in [2.05, 4.69) is 23.6 Å². The van der Waals surface area contributed by atoms with E-state index in [1.165, 1.54) is 16.9 Å². The number of anilines is 2. The second-order valence-electron chi connectivity index (χ2n) is 5.81. The Balaban J connectivity index is 0.000000491. The number of para-hydroxylation sites is 1. The fraction of sp³-hybridized carbons (Fsp3) is 0.304. The molecule has 0 spiro atoms. The van der Waals surface area contributed by atoms with Crippen molar-refractivity contribution in [2.45, 2.75) is 40.5 Å². The molecule has 0 atom stereocenters. The Hall–Kier alpha value is -2.57. The molecule has 0 bridgehead atoms. The lowest BCUT2D eigenvalue weighted by Gasteiger charge is -2.07. The molecule has 1 amide bonds. The fourth-order valence-corrected chi connectivity index (χ4v) is 3.42. The summed E-state index contributed by atoms with van der Waals surface area (Å²) < 4.78 is 0. The molecule has 164 valence electrons. The highest BCUT2D eigenvalue weighted by molar-refractivity contribution is 7.17. The van der Waals surface area contributed by atoms with Crippen molar-refractivity contribution < 1.29 is 14.7 Å². The number of hydrogen-bond acceptors (Lipinski definition) is 4. The zero-order valence-electron chi connectivity index (χ0n) is 18.2. The van der Waals surface area contributed by atoms with Gasteiger partial charge in [-0.05, 0) is 50.5 Å². The summed E-state index contributed by atoms with van der Waals surface area (Å²) in [6.07, 6.45) is 10.1. The number of carboxylic acids is 1. The van der Waals surface area contributed by atoms with Crippen LogP contribution in [0.5, 0.6) is 0 Å². The Morgan fingerprint density at radius 3 is 2.33 bits per heavy atom. The molecular formula is C23H31ClN2O3S. The van der Waals surface area contributed by atoms with E-state index in [1.54, 1.807) is 6.07 Å². The number of thiophene rings is 1. The summed E-state index contributed by atoms with van der Waals surface area (Å²) in [4.78, 5) is 21.9. The molecule has 0 saturated carbocycles. The molecule has 1 heterocycles. The predicted molar refractivity (Wildman–Crippen MR) is 131 cm³/mol. The van der Waals surface area contributed by atoms with E-state index in [4.69, 9.17) is 16.7 Å². The summed E-state index contributed by atoms with van der Waals surface area (Å²) in [5.41, 5.74) is 2.44. The number of carbonyl (C=O) groups excluding carboxylic acids is 1. The van der Waals surface area contributed by atoms with Crippen LogP contribution in [-0.2, 0) is 11.2 Å². The number of allylic oxidation sites excluding steroid dienone is 3. The lowest BCUT2D eigenvalue weighted by atomic mass is 10.1. The number of carbonyl (C=O) groups is 2. The molecule has 7 heteroatoms. The van der Waals surface area contributed by atoms with Crippen LogP contribution in [-0.4, -0.2) is 24.5 Å². The number of aromatic carboxylic acids is 1. The van der Waals surface area contributed by atoms with E-state index in [0.717, 1.165) is 28.4 Å². The van der Waals surface area contributed by atoms with Crippen LogP contribution >= 0.6 is 22.9 Å². The molecule has 3 N–H and O–H groups in total. The molecule has 0 radical (unpaired) electrons. The van der Waals surface area contributed by atoms with Gasteiger partial charge in [0.1, 0.15) is 5.00 Å². The van der Waals surface area contributed by atoms with Crippen molar-refractivity contribution in [1.29, 1.82) is 0 Å². The van der Waals surface area contributed by atoms with Crippen LogP contribution in [0.2, 0.25) is 5.02 Å². The minimum Gasteiger partial charge on any atom is -0.478 e. The summed E-state index contributed by atoms with van der Waals surface area (Å²) in [6.45, 7) is 8.11. The van der Waals surface area contributed by atoms with Crippen molar-refractivity contribution in [2.75, 3.05) is 17.7 Å². The molecule has 2 rings (SSSR count). The number of halogens is 1. The highest BCUT2D eigenvalue weighted by Gasteiger charge is 2.13. The van der Waals surface area contributed by atoms with Crippen LogP contribution in [0.3, 0.4) is 0 Å². The number of carboxylic acid groups (broad SMARTS) is 1. The zero-order valence-corrected chi connectivity index (χ0v) is 19.7. The average molecular weight is 451 g/mol. The third kappa shape index (κ3) is 9.76. The Labute approximate surface area is 188 Å². The number of benzene rings is 1. The van der Waals surface area contributed by atoms with Gasteiger partial charge in [0.05, 0.1) is 16.3 Å². The van der Waals surface area contributed by atoms with E-state index in [1.807, 2.05) is 64.3 Å². The standard InChI is InChI=1S/C10H11NO3S.C9H12ClN.C4H8/c1-2-3-4-7-5-8(10(13)14)9(15-7)11-6-12;1-3-7-5-4-6-8(10)9(7)11-2;1-3-4-2/h3-6H,2H2,1H3,(H,11,12)(H,13,14);4-6,11H,3H2,1-2H3;3-4H,1-2H3/b4-3+;;4-3-. The largest absolute Gasteiger partial charge is 0.478 e. The van der Waals surface area contributed by atoms with Gasteiger partial charge in [0.15, 0.2) is 0 Å². The Kier molecular flexibility index (Phi) is 14.9. The van der Waals surface area contributed by atoms with Crippen LogP contribution in [0.15, 0.2) is 42.5 Å². The van der Waals surface area contributed by atoms with E-state index >= 15 is 0 Å². The SMILES string of the molecule is C/C=C\C.CC/C=C/c1cc(C(=O)O)c(NC=O)s1.CCc1cccc(Cl)c1NC. The van der Waals surface area contributed by atoms with Crippen LogP contribution < -0.4 is 10.6 Å². The van der Waals surface area contributed by atoms with Crippen LogP contribution in [0, 0.1) is 0 Å². The topological polar surface area (TPSA) is 78.4 Å². The van der Waals surface area contributed by atoms with Gasteiger partial charge in [0.2, 0.25) is 6.41 Å². The maximum atomic E-state index is 10.8. The third-order valence-corrected chi connectivity index (χ3v) is 5.10. The molecule has 0 aliphatic rings. The van der Waals surface area contributed by atoms with Gasteiger partial charge in [-0.2, -0.15) is 0 Å². The number of rotatable bonds is 7. The number of nitrogens with one attached hydrogen (secondary N) is 2. The quantitative estimate of drug-likeness (QED) is 0.314. The molecular weight excluding hydrogens is 420 g/mol. The summed E-state index contributed by atoms with van der Waals surface area (Å²) in [6, 6.07) is 7.50. The minimum atomic E-state index is -1.04. The summed E-state index contributed by atoms with van der Waals surface area (Å²) in [5.74, 6) is -1.04. The molecule has 30 heavy (non-hydrogen) atoms. The van der Waals surface area contributed by atoms with Gasteiger partial charge in [-0.3, -0.25) is 4.79 Å². The Bertz CT molecular complexity index is 841. The first-order valence-electron chi connectivity index (χ1n) is 9.66. The summed E-state index contributed by atoms with van der Waals surface area (Å²) in [5, 5.41) is 15.5. The minimum absolute atomic E-state index is 0.128. The van der Waals surface area contributed by atoms with Gasteiger partial charge in [-0.15, -0.1) is 11.3 Å². The van der Waals surface area contributed by atoms with Crippen LogP contribution in [0.25, 0.3) is 6.08 Å². The number of aryl methyl sites for hydroxylation is 1. The van der Waals surface area contributed by atoms with Crippen molar-refractivity contribution in [3.63, 3.8) is 0 Å². The monoisotopic (exact) mass is 450 g/mol. The molecule has 5 nitrogen and oxygen atoms in total. The maximum absolute atomic E-state index is 10.8. The molecule has 2 aromatic rings. The van der Waals surface area contributed by atoms with Gasteiger partial charge in [0.25, 0.3) is 0 Å². The van der Waals surface area contributed by atoms with Gasteiger partial charge < -0.3 is 15.7 Å². The fourth-order valence-electron chi connectivity index (χ4n) is 2.19. The van der Waals surface area contributed by atoms with Crippen LogP contribution in [0.4, 0.5) is 10.7 Å². The first-order chi connectivity index (χ1) is 14.4. The van der Waals surface area contributed by atoms with E-state index in [9.17, 15) is 9.59 Å². The zero-order chi connectivity index (χ0) is 22.9. The maximum Gasteiger partial charge on any atom is 0.338 e. The second-order valence-corrected chi connectivity index (χ2v) is 7.30. The first kappa shape index (κ1) is 27.4. The average Bonchev–Trinajstić information content (AvgIpc) is 3.16. The van der Waals surface area contributed by atoms with Crippen molar-refractivity contribution in [1.82, 2.24) is 0 Å². The normalized spacial score (nSPS) is 10.1. The highest BCUT2D eigenvalue weighted by Crippen LogP contribution is 2.28. The van der Waals surface area contributed by atoms with Crippen molar-refractivity contribution in [3.05, 3.63) is 63.5 Å². The molecule has 0 aliphatic carbocycles. The molecule has 0 aliphatic heterocycles. The Morgan fingerprint density at radius 1 is 1.23 bits per heavy atom. The van der Waals surface area contributed by atoms with Crippen molar-refractivity contribution >= 4 is 52.1 Å². The van der Waals surface area contributed by atoms with Gasteiger partial charge in [-0.25, -0.2) is 4.79 Å². The van der Waals surface area contributed by atoms with Crippen molar-refractivity contribution in [3.8, 4) is 0 Å². The predicted octanol–water partition coefficient (Wildman–Crippen LogP) is 6.96. The first-order valence-corrected chi connectivity index (χ1v) is 10.9. The molecule has 1 aromatic heterocycles. The lowest BCUT2D eigenvalue weighted by Crippen LogP contribution is -2.00. The smallest absolute Gasteiger partial charge is 0.338 e. The highest BCUT2D eigenvalue weighted by atomic mass is 35.5. The summed E-state index contributed by atoms with van der Waals surface area (Å²) >= 11 is 7.19. The number of hydrogen-bond donors (Lipinski definition) is 3. The Morgan fingerprint density at radius 2 is 1.90 bits per heavy atom. The van der Waals surface area contributed by atoms with E-state index < -0.39 is 5.97 Å².